The molecule has 0 radical (unpaired) electrons. The van der Waals surface area contributed by atoms with Gasteiger partial charge >= 0.3 is 18.2 Å². The molecule has 0 fully saturated rings. The van der Waals surface area contributed by atoms with E-state index in [9.17, 15) is 36.3 Å². The second-order valence-electron chi connectivity index (χ2n) is 7.62. The van der Waals surface area contributed by atoms with Gasteiger partial charge in [0.1, 0.15) is 0 Å². The summed E-state index contributed by atoms with van der Waals surface area (Å²) in [5.74, 6) is -1.50. The summed E-state index contributed by atoms with van der Waals surface area (Å²) in [4.78, 5) is 27.0. The van der Waals surface area contributed by atoms with Crippen molar-refractivity contribution in [1.82, 2.24) is 4.90 Å². The maximum atomic E-state index is 13.3. The molecule has 12 heteroatoms. The molecule has 2 aromatic rings. The van der Waals surface area contributed by atoms with E-state index in [2.05, 4.69) is 0 Å². The lowest BCUT2D eigenvalue weighted by Crippen LogP contribution is -2.49. The molecule has 1 heterocycles. The summed E-state index contributed by atoms with van der Waals surface area (Å²) in [6.07, 6.45) is -3.81. The molecule has 0 bridgehead atoms. The average molecular weight is 493 g/mol. The maximum Gasteiger partial charge on any atom is 0.416 e. The molecule has 2 amide bonds. The minimum Gasteiger partial charge on any atom is -0.478 e. The minimum absolute atomic E-state index is 0.0112. The number of carbonyl (C=O) groups is 2. The third-order valence-corrected chi connectivity index (χ3v) is 6.53. The number of carboxylic acids is 1. The fourth-order valence-corrected chi connectivity index (χ4v) is 4.78. The first-order valence-corrected chi connectivity index (χ1v) is 11.5. The van der Waals surface area contributed by atoms with Crippen LogP contribution in [0.3, 0.4) is 0 Å². The highest BCUT2D eigenvalue weighted by atomic mass is 32.2. The first-order chi connectivity index (χ1) is 15.7. The molecule has 3 rings (SSSR count). The predicted molar refractivity (Wildman–Crippen MR) is 114 cm³/mol. The number of urea groups is 1. The fraction of sp³-hybridized carbons (Fsp3) is 0.227. The molecule has 1 atom stereocenters. The summed E-state index contributed by atoms with van der Waals surface area (Å²) in [7, 11) is -2.74. The monoisotopic (exact) mass is 493 g/mol. The number of allylic oxidation sites excluding steroid dienone is 1. The second-order valence-corrected chi connectivity index (χ2v) is 9.60. The van der Waals surface area contributed by atoms with Gasteiger partial charge in [-0.05, 0) is 42.8 Å². The van der Waals surface area contributed by atoms with Crippen LogP contribution >= 0.6 is 0 Å². The van der Waals surface area contributed by atoms with Gasteiger partial charge in [0, 0.05) is 19.0 Å². The Labute approximate surface area is 193 Å². The van der Waals surface area contributed by atoms with Crippen LogP contribution < -0.4 is 4.90 Å². The number of hydrogen-bond acceptors (Lipinski definition) is 5. The quantitative estimate of drug-likeness (QED) is 0.689. The third kappa shape index (κ3) is 4.34. The molecule has 1 N–H and O–H groups in total. The molecule has 1 unspecified atom stereocenters. The Kier molecular flexibility index (Phi) is 6.19. The molecule has 1 aliphatic heterocycles. The Bertz CT molecular complexity index is 1380. The van der Waals surface area contributed by atoms with Crippen molar-refractivity contribution in [3.63, 3.8) is 0 Å². The standard InChI is InChI=1S/C22H18F3N3O5S/c1-12-18(20(29)30)19(16-8-7-13(11-26)9-17(16)34(3,32)33)27(2)21(31)28(12)15-6-4-5-14(10-15)22(23,24)25/h4-10,19H,1-3H3,(H,29,30). The van der Waals surface area contributed by atoms with Crippen LogP contribution in [0, 0.1) is 11.3 Å². The molecule has 34 heavy (non-hydrogen) atoms. The van der Waals surface area contributed by atoms with Crippen molar-refractivity contribution in [1.29, 1.82) is 5.26 Å². The van der Waals surface area contributed by atoms with Crippen LogP contribution in [-0.4, -0.2) is 43.7 Å². The Hall–Kier alpha value is -3.85. The number of carboxylic acid groups (broad SMARTS) is 1. The first kappa shape index (κ1) is 24.8. The number of halogens is 3. The van der Waals surface area contributed by atoms with E-state index in [4.69, 9.17) is 5.26 Å². The van der Waals surface area contributed by atoms with Crippen molar-refractivity contribution >= 4 is 27.5 Å². The number of hydrogen-bond donors (Lipinski definition) is 1. The average Bonchev–Trinajstić information content (AvgIpc) is 2.74. The fourth-order valence-electron chi connectivity index (χ4n) is 3.84. The number of sulfone groups is 1. The van der Waals surface area contributed by atoms with Gasteiger partial charge in [-0.25, -0.2) is 18.0 Å². The zero-order chi connectivity index (χ0) is 25.6. The van der Waals surface area contributed by atoms with Crippen LogP contribution in [0.25, 0.3) is 0 Å². The first-order valence-electron chi connectivity index (χ1n) is 9.60. The van der Waals surface area contributed by atoms with Crippen molar-refractivity contribution in [2.75, 3.05) is 18.2 Å². The summed E-state index contributed by atoms with van der Waals surface area (Å²) >= 11 is 0. The Balaban J connectivity index is 2.30. The van der Waals surface area contributed by atoms with Crippen molar-refractivity contribution in [3.05, 3.63) is 70.4 Å². The lowest BCUT2D eigenvalue weighted by molar-refractivity contribution is -0.137. The number of nitrogens with zero attached hydrogens (tertiary/aromatic N) is 3. The molecule has 0 saturated carbocycles. The molecular formula is C22H18F3N3O5S. The minimum atomic E-state index is -4.69. The molecule has 1 aliphatic rings. The normalized spacial score (nSPS) is 17.1. The zero-order valence-electron chi connectivity index (χ0n) is 18.1. The van der Waals surface area contributed by atoms with E-state index in [1.165, 1.54) is 32.2 Å². The third-order valence-electron chi connectivity index (χ3n) is 5.38. The lowest BCUT2D eigenvalue weighted by Gasteiger charge is -2.41. The van der Waals surface area contributed by atoms with Gasteiger partial charge in [-0.1, -0.05) is 12.1 Å². The van der Waals surface area contributed by atoms with E-state index < -0.39 is 45.2 Å². The van der Waals surface area contributed by atoms with Gasteiger partial charge in [0.25, 0.3) is 0 Å². The van der Waals surface area contributed by atoms with Crippen LogP contribution in [-0.2, 0) is 20.8 Å². The van der Waals surface area contributed by atoms with Gasteiger partial charge in [-0.3, -0.25) is 4.90 Å². The molecular weight excluding hydrogens is 475 g/mol. The Morgan fingerprint density at radius 2 is 1.82 bits per heavy atom. The second kappa shape index (κ2) is 8.49. The maximum absolute atomic E-state index is 13.3. The van der Waals surface area contributed by atoms with Crippen LogP contribution in [0.15, 0.2) is 58.6 Å². The Morgan fingerprint density at radius 1 is 1.18 bits per heavy atom. The number of alkyl halides is 3. The van der Waals surface area contributed by atoms with Gasteiger partial charge in [0.05, 0.1) is 39.4 Å². The lowest BCUT2D eigenvalue weighted by atomic mass is 9.92. The molecule has 0 aliphatic carbocycles. The molecule has 0 aromatic heterocycles. The highest BCUT2D eigenvalue weighted by molar-refractivity contribution is 7.90. The molecule has 2 aromatic carbocycles. The molecule has 8 nitrogen and oxygen atoms in total. The smallest absolute Gasteiger partial charge is 0.416 e. The van der Waals surface area contributed by atoms with Gasteiger partial charge in [-0.15, -0.1) is 0 Å². The number of benzene rings is 2. The van der Waals surface area contributed by atoms with E-state index in [1.54, 1.807) is 6.07 Å². The summed E-state index contributed by atoms with van der Waals surface area (Å²) in [5, 5.41) is 19.1. The van der Waals surface area contributed by atoms with Gasteiger partial charge in [-0.2, -0.15) is 18.4 Å². The number of rotatable bonds is 4. The van der Waals surface area contributed by atoms with E-state index >= 15 is 0 Å². The number of amides is 2. The summed E-state index contributed by atoms with van der Waals surface area (Å²) < 4.78 is 64.5. The summed E-state index contributed by atoms with van der Waals surface area (Å²) in [6, 6.07) is 7.03. The largest absolute Gasteiger partial charge is 0.478 e. The number of aliphatic carboxylic acids is 1. The number of likely N-dealkylation sites (N-methyl/N-ethyl adjacent to an activating group) is 1. The molecule has 178 valence electrons. The van der Waals surface area contributed by atoms with Crippen LogP contribution in [0.2, 0.25) is 0 Å². The van der Waals surface area contributed by atoms with Crippen LogP contribution in [0.4, 0.5) is 23.7 Å². The van der Waals surface area contributed by atoms with Crippen molar-refractivity contribution in [2.24, 2.45) is 0 Å². The van der Waals surface area contributed by atoms with E-state index in [1.807, 2.05) is 0 Å². The molecule has 0 spiro atoms. The van der Waals surface area contributed by atoms with Crippen molar-refractivity contribution in [3.8, 4) is 6.07 Å². The zero-order valence-corrected chi connectivity index (χ0v) is 18.9. The SMILES string of the molecule is CC1=C(C(=O)O)C(c2ccc(C#N)cc2S(C)(=O)=O)N(C)C(=O)N1c1cccc(C(F)(F)F)c1. The van der Waals surface area contributed by atoms with Gasteiger partial charge < -0.3 is 10.0 Å². The van der Waals surface area contributed by atoms with Crippen LogP contribution in [0.5, 0.6) is 0 Å². The van der Waals surface area contributed by atoms with Crippen LogP contribution in [0.1, 0.15) is 29.7 Å². The van der Waals surface area contributed by atoms with Gasteiger partial charge in [0.2, 0.25) is 0 Å². The van der Waals surface area contributed by atoms with Crippen molar-refractivity contribution in [2.45, 2.75) is 24.0 Å². The Morgan fingerprint density at radius 3 is 2.35 bits per heavy atom. The number of nitriles is 1. The highest BCUT2D eigenvalue weighted by Crippen LogP contribution is 2.41. The summed E-state index contributed by atoms with van der Waals surface area (Å²) in [5.41, 5.74) is -1.86. The molecule has 0 saturated heterocycles. The van der Waals surface area contributed by atoms with Crippen molar-refractivity contribution < 1.29 is 36.3 Å². The van der Waals surface area contributed by atoms with Gasteiger partial charge in [0.15, 0.2) is 9.84 Å². The number of carbonyl (C=O) groups excluding carboxylic acids is 1. The van der Waals surface area contributed by atoms with E-state index in [-0.39, 0.29) is 27.4 Å². The predicted octanol–water partition coefficient (Wildman–Crippen LogP) is 3.95. The summed E-state index contributed by atoms with van der Waals surface area (Å²) in [6.45, 7) is 1.26. The van der Waals surface area contributed by atoms with E-state index in [0.29, 0.717) is 0 Å². The highest BCUT2D eigenvalue weighted by Gasteiger charge is 2.42. The van der Waals surface area contributed by atoms with E-state index in [0.717, 1.165) is 40.3 Å². The number of anilines is 1. The topological polar surface area (TPSA) is 119 Å².